The number of aryl methyl sites for hydroxylation is 1. The van der Waals surface area contributed by atoms with Crippen molar-refractivity contribution in [3.05, 3.63) is 71.1 Å². The minimum atomic E-state index is -0.199. The number of aromatic nitrogens is 1. The Hall–Kier alpha value is -2.92. The van der Waals surface area contributed by atoms with Gasteiger partial charge in [0.25, 0.3) is 0 Å². The van der Waals surface area contributed by atoms with Gasteiger partial charge in [0.1, 0.15) is 5.75 Å². The number of carbonyl (C=O) groups is 1. The Kier molecular flexibility index (Phi) is 6.39. The molecule has 1 heterocycles. The number of rotatable bonds is 7. The molecule has 2 aromatic carbocycles. The molecule has 4 nitrogen and oxygen atoms in total. The van der Waals surface area contributed by atoms with Gasteiger partial charge in [-0.3, -0.25) is 10.1 Å². The van der Waals surface area contributed by atoms with Gasteiger partial charge >= 0.3 is 0 Å². The van der Waals surface area contributed by atoms with Crippen molar-refractivity contribution in [3.8, 4) is 17.0 Å². The smallest absolute Gasteiger partial charge is 0.250 e. The van der Waals surface area contributed by atoms with Crippen LogP contribution in [0.4, 0.5) is 5.13 Å². The van der Waals surface area contributed by atoms with E-state index in [1.807, 2.05) is 61.5 Å². The molecule has 1 N–H and O–H groups in total. The van der Waals surface area contributed by atoms with E-state index in [0.29, 0.717) is 11.7 Å². The van der Waals surface area contributed by atoms with Crippen LogP contribution in [0.5, 0.6) is 5.75 Å². The average molecular weight is 378 g/mol. The van der Waals surface area contributed by atoms with Gasteiger partial charge < -0.3 is 4.74 Å². The summed E-state index contributed by atoms with van der Waals surface area (Å²) in [5, 5.41) is 3.44. The van der Waals surface area contributed by atoms with Gasteiger partial charge in [0.2, 0.25) is 5.91 Å². The van der Waals surface area contributed by atoms with Gasteiger partial charge in [-0.25, -0.2) is 4.98 Å². The van der Waals surface area contributed by atoms with E-state index in [1.54, 1.807) is 6.08 Å². The topological polar surface area (TPSA) is 51.2 Å². The molecule has 0 saturated heterocycles. The zero-order chi connectivity index (χ0) is 19.1. The molecule has 5 heteroatoms. The normalized spacial score (nSPS) is 10.9. The van der Waals surface area contributed by atoms with Crippen molar-refractivity contribution in [2.75, 3.05) is 11.9 Å². The zero-order valence-electron chi connectivity index (χ0n) is 15.4. The molecule has 0 saturated carbocycles. The van der Waals surface area contributed by atoms with Crippen LogP contribution in [-0.2, 0) is 4.79 Å². The van der Waals surface area contributed by atoms with E-state index in [4.69, 9.17) is 4.74 Å². The Labute approximate surface area is 163 Å². The molecule has 0 unspecified atom stereocenters. The molecule has 0 aliphatic rings. The van der Waals surface area contributed by atoms with Crippen molar-refractivity contribution < 1.29 is 9.53 Å². The van der Waals surface area contributed by atoms with E-state index in [2.05, 4.69) is 17.2 Å². The maximum Gasteiger partial charge on any atom is 0.250 e. The fourth-order valence-corrected chi connectivity index (χ4v) is 3.37. The minimum absolute atomic E-state index is 0.199. The molecule has 0 aliphatic carbocycles. The first-order valence-electron chi connectivity index (χ1n) is 8.90. The second kappa shape index (κ2) is 9.14. The summed E-state index contributed by atoms with van der Waals surface area (Å²) in [6, 6.07) is 17.6. The number of nitrogens with zero attached hydrogens (tertiary/aromatic N) is 1. The minimum Gasteiger partial charge on any atom is -0.494 e. The number of benzene rings is 2. The molecule has 3 rings (SSSR count). The first-order valence-corrected chi connectivity index (χ1v) is 9.72. The van der Waals surface area contributed by atoms with E-state index in [-0.39, 0.29) is 5.91 Å². The molecule has 27 heavy (non-hydrogen) atoms. The largest absolute Gasteiger partial charge is 0.494 e. The van der Waals surface area contributed by atoms with Crippen molar-refractivity contribution in [1.82, 2.24) is 4.98 Å². The molecular formula is C22H22N2O2S. The number of ether oxygens (including phenoxy) is 1. The van der Waals surface area contributed by atoms with Crippen molar-refractivity contribution in [1.29, 1.82) is 0 Å². The highest BCUT2D eigenvalue weighted by Crippen LogP contribution is 2.30. The lowest BCUT2D eigenvalue weighted by molar-refractivity contribution is -0.111. The maximum atomic E-state index is 12.2. The van der Waals surface area contributed by atoms with Crippen molar-refractivity contribution in [3.63, 3.8) is 0 Å². The van der Waals surface area contributed by atoms with Crippen LogP contribution in [0.2, 0.25) is 0 Å². The van der Waals surface area contributed by atoms with E-state index in [1.165, 1.54) is 17.4 Å². The molecule has 0 aliphatic heterocycles. The predicted octanol–water partition coefficient (Wildman–Crippen LogP) is 5.56. The van der Waals surface area contributed by atoms with Gasteiger partial charge in [0.15, 0.2) is 5.13 Å². The number of nitrogens with one attached hydrogen (secondary N) is 1. The molecule has 138 valence electrons. The summed E-state index contributed by atoms with van der Waals surface area (Å²) in [6.45, 7) is 4.78. The highest BCUT2D eigenvalue weighted by Gasteiger charge is 2.10. The molecule has 0 fully saturated rings. The molecule has 0 bridgehead atoms. The number of carbonyl (C=O) groups excluding carboxylic acids is 1. The van der Waals surface area contributed by atoms with Crippen LogP contribution in [0.3, 0.4) is 0 Å². The van der Waals surface area contributed by atoms with Gasteiger partial charge in [-0.05, 0) is 37.1 Å². The Morgan fingerprint density at radius 3 is 2.59 bits per heavy atom. The zero-order valence-corrected chi connectivity index (χ0v) is 16.3. The lowest BCUT2D eigenvalue weighted by Crippen LogP contribution is -2.07. The van der Waals surface area contributed by atoms with Gasteiger partial charge in [-0.2, -0.15) is 0 Å². The van der Waals surface area contributed by atoms with E-state index in [9.17, 15) is 4.79 Å². The van der Waals surface area contributed by atoms with Crippen molar-refractivity contribution in [2.24, 2.45) is 0 Å². The van der Waals surface area contributed by atoms with Gasteiger partial charge in [-0.1, -0.05) is 49.4 Å². The molecule has 0 atom stereocenters. The van der Waals surface area contributed by atoms with E-state index in [0.717, 1.165) is 33.9 Å². The lowest BCUT2D eigenvalue weighted by Gasteiger charge is -2.04. The first kappa shape index (κ1) is 18.9. The summed E-state index contributed by atoms with van der Waals surface area (Å²) in [4.78, 5) is 17.8. The van der Waals surface area contributed by atoms with Crippen LogP contribution in [0.15, 0.2) is 60.7 Å². The summed E-state index contributed by atoms with van der Waals surface area (Å²) >= 11 is 1.48. The summed E-state index contributed by atoms with van der Waals surface area (Å²) in [7, 11) is 0. The van der Waals surface area contributed by atoms with Gasteiger partial charge in [0.05, 0.1) is 12.3 Å². The Morgan fingerprint density at radius 2 is 1.89 bits per heavy atom. The third kappa shape index (κ3) is 5.28. The second-order valence-corrected chi connectivity index (χ2v) is 7.23. The molecule has 1 aromatic heterocycles. The number of hydrogen-bond donors (Lipinski definition) is 1. The summed E-state index contributed by atoms with van der Waals surface area (Å²) in [5.41, 5.74) is 2.89. The highest BCUT2D eigenvalue weighted by molar-refractivity contribution is 7.16. The molecule has 3 aromatic rings. The Balaban J connectivity index is 1.61. The van der Waals surface area contributed by atoms with Crippen LogP contribution >= 0.6 is 11.3 Å². The highest BCUT2D eigenvalue weighted by atomic mass is 32.1. The van der Waals surface area contributed by atoms with Crippen LogP contribution in [0.25, 0.3) is 17.3 Å². The Bertz CT molecular complexity index is 915. The SMILES string of the molecule is CCCOc1ccc(/C=C/C(=O)Nc2nc(-c3ccccc3)c(C)s2)cc1. The van der Waals surface area contributed by atoms with Gasteiger partial charge in [0, 0.05) is 16.5 Å². The monoisotopic (exact) mass is 378 g/mol. The van der Waals surface area contributed by atoms with Crippen LogP contribution in [-0.4, -0.2) is 17.5 Å². The fraction of sp³-hybridized carbons (Fsp3) is 0.182. The average Bonchev–Trinajstić information content (AvgIpc) is 3.06. The first-order chi connectivity index (χ1) is 13.2. The van der Waals surface area contributed by atoms with Crippen LogP contribution in [0.1, 0.15) is 23.8 Å². The summed E-state index contributed by atoms with van der Waals surface area (Å²) in [5.74, 6) is 0.639. The summed E-state index contributed by atoms with van der Waals surface area (Å²) < 4.78 is 5.55. The third-order valence-corrected chi connectivity index (χ3v) is 4.74. The fourth-order valence-electron chi connectivity index (χ4n) is 2.53. The summed E-state index contributed by atoms with van der Waals surface area (Å²) in [6.07, 6.45) is 4.27. The molecule has 0 radical (unpaired) electrons. The second-order valence-electron chi connectivity index (χ2n) is 6.03. The van der Waals surface area contributed by atoms with Crippen molar-refractivity contribution in [2.45, 2.75) is 20.3 Å². The molecule has 1 amide bonds. The molecular weight excluding hydrogens is 356 g/mol. The van der Waals surface area contributed by atoms with E-state index < -0.39 is 0 Å². The van der Waals surface area contributed by atoms with E-state index >= 15 is 0 Å². The molecule has 0 spiro atoms. The number of amides is 1. The number of hydrogen-bond acceptors (Lipinski definition) is 4. The lowest BCUT2D eigenvalue weighted by atomic mass is 10.1. The number of anilines is 1. The standard InChI is InChI=1S/C22H22N2O2S/c1-3-15-26-19-12-9-17(10-13-19)11-14-20(25)23-22-24-21(16(2)27-22)18-7-5-4-6-8-18/h4-14H,3,15H2,1-2H3,(H,23,24,25)/b14-11+. The van der Waals surface area contributed by atoms with Crippen molar-refractivity contribution >= 4 is 28.5 Å². The number of thiazole rings is 1. The third-order valence-electron chi connectivity index (χ3n) is 3.85. The van der Waals surface area contributed by atoms with Crippen LogP contribution < -0.4 is 10.1 Å². The Morgan fingerprint density at radius 1 is 1.15 bits per heavy atom. The quantitative estimate of drug-likeness (QED) is 0.548. The van der Waals surface area contributed by atoms with Crippen LogP contribution in [0, 0.1) is 6.92 Å². The predicted molar refractivity (Wildman–Crippen MR) is 112 cm³/mol. The van der Waals surface area contributed by atoms with Gasteiger partial charge in [-0.15, -0.1) is 11.3 Å². The maximum absolute atomic E-state index is 12.2.